The number of carbonyl (C=O) groups is 3. The van der Waals surface area contributed by atoms with Crippen molar-refractivity contribution in [1.82, 2.24) is 0 Å². The lowest BCUT2D eigenvalue weighted by Gasteiger charge is -2.11. The zero-order chi connectivity index (χ0) is 14.7. The molecule has 1 amide bonds. The van der Waals surface area contributed by atoms with Crippen molar-refractivity contribution in [3.63, 3.8) is 0 Å². The number of carboxylic acids is 2. The lowest BCUT2D eigenvalue weighted by molar-refractivity contribution is -0.124. The molecular weight excluding hydrogens is 266 g/mol. The van der Waals surface area contributed by atoms with Crippen LogP contribution in [0.4, 0.5) is 5.69 Å². The number of carbonyl (C=O) groups excluding carboxylic acids is 1. The summed E-state index contributed by atoms with van der Waals surface area (Å²) >= 11 is 0. The number of hydrogen-bond acceptors (Lipinski definition) is 4. The van der Waals surface area contributed by atoms with Gasteiger partial charge < -0.3 is 20.3 Å². The number of rotatable bonds is 4. The maximum Gasteiger partial charge on any atom is 0.335 e. The molecule has 20 heavy (non-hydrogen) atoms. The van der Waals surface area contributed by atoms with Crippen LogP contribution < -0.4 is 5.32 Å². The van der Waals surface area contributed by atoms with Gasteiger partial charge in [-0.25, -0.2) is 9.59 Å². The van der Waals surface area contributed by atoms with Crippen LogP contribution in [-0.4, -0.2) is 40.8 Å². The van der Waals surface area contributed by atoms with Crippen LogP contribution in [0.3, 0.4) is 0 Å². The Kier molecular flexibility index (Phi) is 3.99. The molecule has 0 spiro atoms. The second kappa shape index (κ2) is 5.70. The SMILES string of the molecule is O=C(O)c1cc(NC(=O)[C@H]2CCCO2)cc(C(=O)O)c1. The molecule has 1 saturated heterocycles. The summed E-state index contributed by atoms with van der Waals surface area (Å²) in [5.41, 5.74) is -0.275. The molecule has 1 aromatic rings. The number of benzene rings is 1. The van der Waals surface area contributed by atoms with Crippen molar-refractivity contribution in [3.8, 4) is 0 Å². The summed E-state index contributed by atoms with van der Waals surface area (Å²) in [6, 6.07) is 3.45. The van der Waals surface area contributed by atoms with E-state index in [0.29, 0.717) is 13.0 Å². The molecule has 2 rings (SSSR count). The molecule has 1 aliphatic rings. The van der Waals surface area contributed by atoms with Crippen LogP contribution in [0.2, 0.25) is 0 Å². The van der Waals surface area contributed by atoms with Gasteiger partial charge in [0.05, 0.1) is 11.1 Å². The van der Waals surface area contributed by atoms with E-state index >= 15 is 0 Å². The molecule has 0 aliphatic carbocycles. The van der Waals surface area contributed by atoms with Crippen LogP contribution in [0.25, 0.3) is 0 Å². The molecule has 1 fully saturated rings. The van der Waals surface area contributed by atoms with Gasteiger partial charge in [0.25, 0.3) is 5.91 Å². The number of hydrogen-bond donors (Lipinski definition) is 3. The average Bonchev–Trinajstić information content (AvgIpc) is 2.92. The van der Waals surface area contributed by atoms with E-state index in [-0.39, 0.29) is 16.8 Å². The average molecular weight is 279 g/mol. The predicted octanol–water partition coefficient (Wildman–Crippen LogP) is 1.20. The fourth-order valence-electron chi connectivity index (χ4n) is 1.95. The van der Waals surface area contributed by atoms with Gasteiger partial charge in [0, 0.05) is 12.3 Å². The lowest BCUT2D eigenvalue weighted by atomic mass is 10.1. The van der Waals surface area contributed by atoms with Crippen molar-refractivity contribution in [2.45, 2.75) is 18.9 Å². The summed E-state index contributed by atoms with van der Waals surface area (Å²) < 4.78 is 5.20. The van der Waals surface area contributed by atoms with Gasteiger partial charge in [-0.05, 0) is 31.0 Å². The van der Waals surface area contributed by atoms with E-state index in [1.807, 2.05) is 0 Å². The van der Waals surface area contributed by atoms with Gasteiger partial charge in [-0.3, -0.25) is 4.79 Å². The van der Waals surface area contributed by atoms with E-state index in [2.05, 4.69) is 5.32 Å². The molecule has 1 atom stereocenters. The highest BCUT2D eigenvalue weighted by Gasteiger charge is 2.24. The van der Waals surface area contributed by atoms with Crippen LogP contribution in [0, 0.1) is 0 Å². The van der Waals surface area contributed by atoms with E-state index in [9.17, 15) is 14.4 Å². The number of anilines is 1. The Morgan fingerprint density at radius 1 is 1.10 bits per heavy atom. The van der Waals surface area contributed by atoms with Crippen molar-refractivity contribution >= 4 is 23.5 Å². The fourth-order valence-corrected chi connectivity index (χ4v) is 1.95. The second-order valence-corrected chi connectivity index (χ2v) is 4.40. The Bertz CT molecular complexity index is 530. The minimum atomic E-state index is -1.26. The Morgan fingerprint density at radius 2 is 1.70 bits per heavy atom. The Balaban J connectivity index is 2.23. The topological polar surface area (TPSA) is 113 Å². The molecule has 1 heterocycles. The standard InChI is InChI=1S/C13H13NO6/c15-11(10-2-1-3-20-10)14-9-5-7(12(16)17)4-8(6-9)13(18)19/h4-6,10H,1-3H2,(H,14,15)(H,16,17)(H,18,19)/t10-/m1/s1. The summed E-state index contributed by atoms with van der Waals surface area (Å²) in [6.45, 7) is 0.508. The highest BCUT2D eigenvalue weighted by Crippen LogP contribution is 2.18. The maximum atomic E-state index is 11.8. The normalized spacial score (nSPS) is 17.7. The summed E-state index contributed by atoms with van der Waals surface area (Å²) in [7, 11) is 0. The molecule has 0 unspecified atom stereocenters. The van der Waals surface area contributed by atoms with E-state index < -0.39 is 23.9 Å². The zero-order valence-electron chi connectivity index (χ0n) is 10.5. The molecule has 7 heteroatoms. The van der Waals surface area contributed by atoms with Gasteiger partial charge in [0.1, 0.15) is 6.10 Å². The molecule has 3 N–H and O–H groups in total. The lowest BCUT2D eigenvalue weighted by Crippen LogP contribution is -2.27. The van der Waals surface area contributed by atoms with Crippen molar-refractivity contribution in [1.29, 1.82) is 0 Å². The highest BCUT2D eigenvalue weighted by atomic mass is 16.5. The first-order valence-corrected chi connectivity index (χ1v) is 6.01. The van der Waals surface area contributed by atoms with Crippen LogP contribution in [0.15, 0.2) is 18.2 Å². The van der Waals surface area contributed by atoms with E-state index in [0.717, 1.165) is 12.5 Å². The van der Waals surface area contributed by atoms with Gasteiger partial charge in [-0.15, -0.1) is 0 Å². The number of ether oxygens (including phenoxy) is 1. The smallest absolute Gasteiger partial charge is 0.335 e. The third-order valence-corrected chi connectivity index (χ3v) is 2.92. The van der Waals surface area contributed by atoms with Gasteiger partial charge in [0.2, 0.25) is 0 Å². The van der Waals surface area contributed by atoms with Crippen LogP contribution >= 0.6 is 0 Å². The monoisotopic (exact) mass is 279 g/mol. The molecule has 1 aliphatic heterocycles. The molecule has 0 aromatic heterocycles. The van der Waals surface area contributed by atoms with Crippen LogP contribution in [-0.2, 0) is 9.53 Å². The van der Waals surface area contributed by atoms with Gasteiger partial charge in [-0.2, -0.15) is 0 Å². The van der Waals surface area contributed by atoms with Gasteiger partial charge >= 0.3 is 11.9 Å². The first kappa shape index (κ1) is 14.0. The van der Waals surface area contributed by atoms with Crippen molar-refractivity contribution in [2.75, 3.05) is 11.9 Å². The predicted molar refractivity (Wildman–Crippen MR) is 68.0 cm³/mol. The minimum absolute atomic E-state index is 0.128. The number of nitrogens with one attached hydrogen (secondary N) is 1. The van der Waals surface area contributed by atoms with E-state index in [4.69, 9.17) is 14.9 Å². The summed E-state index contributed by atoms with van der Waals surface area (Å²) in [6.07, 6.45) is 0.806. The molecule has 0 saturated carbocycles. The molecule has 106 valence electrons. The van der Waals surface area contributed by atoms with E-state index in [1.54, 1.807) is 0 Å². The Labute approximate surface area is 114 Å². The Morgan fingerprint density at radius 3 is 2.15 bits per heavy atom. The van der Waals surface area contributed by atoms with Gasteiger partial charge in [0.15, 0.2) is 0 Å². The first-order chi connectivity index (χ1) is 9.47. The summed E-state index contributed by atoms with van der Waals surface area (Å²) in [4.78, 5) is 33.7. The third-order valence-electron chi connectivity index (χ3n) is 2.92. The molecular formula is C13H13NO6. The summed E-state index contributed by atoms with van der Waals surface area (Å²) in [5, 5.41) is 20.3. The molecule has 1 aromatic carbocycles. The Hall–Kier alpha value is -2.41. The molecule has 0 bridgehead atoms. The van der Waals surface area contributed by atoms with Crippen molar-refractivity contribution in [3.05, 3.63) is 29.3 Å². The minimum Gasteiger partial charge on any atom is -0.478 e. The van der Waals surface area contributed by atoms with Crippen LogP contribution in [0.5, 0.6) is 0 Å². The quantitative estimate of drug-likeness (QED) is 0.763. The van der Waals surface area contributed by atoms with Gasteiger partial charge in [-0.1, -0.05) is 0 Å². The molecule has 7 nitrogen and oxygen atoms in total. The van der Waals surface area contributed by atoms with Crippen LogP contribution in [0.1, 0.15) is 33.6 Å². The first-order valence-electron chi connectivity index (χ1n) is 6.01. The van der Waals surface area contributed by atoms with Crippen molar-refractivity contribution in [2.24, 2.45) is 0 Å². The number of aromatic carboxylic acids is 2. The fraction of sp³-hybridized carbons (Fsp3) is 0.308. The van der Waals surface area contributed by atoms with Crippen molar-refractivity contribution < 1.29 is 29.3 Å². The number of carboxylic acid groups (broad SMARTS) is 2. The van der Waals surface area contributed by atoms with E-state index in [1.165, 1.54) is 12.1 Å². The highest BCUT2D eigenvalue weighted by molar-refractivity contribution is 5.99. The second-order valence-electron chi connectivity index (χ2n) is 4.40. The third kappa shape index (κ3) is 3.12. The summed E-state index contributed by atoms with van der Waals surface area (Å²) in [5.74, 6) is -2.93. The molecule has 0 radical (unpaired) electrons. The largest absolute Gasteiger partial charge is 0.478 e. The zero-order valence-corrected chi connectivity index (χ0v) is 10.5. The maximum absolute atomic E-state index is 11.8. The number of amides is 1.